The van der Waals surface area contributed by atoms with E-state index in [0.717, 1.165) is 5.76 Å². The first-order chi connectivity index (χ1) is 10.0. The summed E-state index contributed by atoms with van der Waals surface area (Å²) in [5.74, 6) is 0.816. The summed E-state index contributed by atoms with van der Waals surface area (Å²) in [6.45, 7) is 1.86. The molecule has 1 aromatic carbocycles. The second-order valence-electron chi connectivity index (χ2n) is 4.31. The van der Waals surface area contributed by atoms with Crippen molar-refractivity contribution >= 4 is 17.7 Å². The van der Waals surface area contributed by atoms with Crippen LogP contribution in [0.1, 0.15) is 17.1 Å². The summed E-state index contributed by atoms with van der Waals surface area (Å²) in [7, 11) is 0. The molecule has 0 unspecified atom stereocenters. The molecule has 0 saturated heterocycles. The van der Waals surface area contributed by atoms with Crippen LogP contribution >= 0.6 is 0 Å². The maximum absolute atomic E-state index is 11.5. The van der Waals surface area contributed by atoms with Gasteiger partial charge in [0.25, 0.3) is 5.69 Å². The third kappa shape index (κ3) is 4.31. The zero-order chi connectivity index (χ0) is 15.2. The molecule has 6 heteroatoms. The highest BCUT2D eigenvalue weighted by molar-refractivity contribution is 5.86. The van der Waals surface area contributed by atoms with Gasteiger partial charge in [-0.15, -0.1) is 0 Å². The number of hydrogen-bond donors (Lipinski definition) is 0. The summed E-state index contributed by atoms with van der Waals surface area (Å²) in [6, 6.07) is 9.36. The second kappa shape index (κ2) is 6.51. The predicted octanol–water partition coefficient (Wildman–Crippen LogP) is 3.25. The summed E-state index contributed by atoms with van der Waals surface area (Å²) < 4.78 is 10.3. The second-order valence-corrected chi connectivity index (χ2v) is 4.31. The van der Waals surface area contributed by atoms with Gasteiger partial charge in [0.15, 0.2) is 0 Å². The molecular weight excluding hydrogens is 274 g/mol. The number of non-ortho nitro benzene ring substituents is 1. The van der Waals surface area contributed by atoms with E-state index in [9.17, 15) is 14.9 Å². The van der Waals surface area contributed by atoms with E-state index < -0.39 is 10.9 Å². The van der Waals surface area contributed by atoms with Gasteiger partial charge in [-0.1, -0.05) is 0 Å². The minimum absolute atomic E-state index is 0.00170. The number of nitrogens with zero attached hydrogens (tertiary/aromatic N) is 1. The number of rotatable bonds is 5. The Labute approximate surface area is 120 Å². The van der Waals surface area contributed by atoms with Gasteiger partial charge >= 0.3 is 5.97 Å². The van der Waals surface area contributed by atoms with Crippen molar-refractivity contribution in [2.45, 2.75) is 13.5 Å². The van der Waals surface area contributed by atoms with Crippen LogP contribution in [0.4, 0.5) is 5.69 Å². The standard InChI is InChI=1S/C15H13NO5/c1-11-2-7-14(21-11)8-9-15(17)20-10-12-3-5-13(6-4-12)16(18)19/h2-9H,10H2,1H3/b9-8+. The fourth-order valence-corrected chi connectivity index (χ4v) is 1.61. The van der Waals surface area contributed by atoms with Crippen molar-refractivity contribution < 1.29 is 18.9 Å². The van der Waals surface area contributed by atoms with Crippen LogP contribution < -0.4 is 0 Å². The molecule has 0 bridgehead atoms. The van der Waals surface area contributed by atoms with Gasteiger partial charge < -0.3 is 9.15 Å². The van der Waals surface area contributed by atoms with E-state index in [1.807, 2.05) is 6.92 Å². The van der Waals surface area contributed by atoms with E-state index in [4.69, 9.17) is 9.15 Å². The van der Waals surface area contributed by atoms with Crippen molar-refractivity contribution in [2.75, 3.05) is 0 Å². The van der Waals surface area contributed by atoms with Crippen molar-refractivity contribution in [1.82, 2.24) is 0 Å². The van der Waals surface area contributed by atoms with E-state index in [1.165, 1.54) is 24.3 Å². The lowest BCUT2D eigenvalue weighted by molar-refractivity contribution is -0.384. The Balaban J connectivity index is 1.86. The molecule has 21 heavy (non-hydrogen) atoms. The summed E-state index contributed by atoms with van der Waals surface area (Å²) >= 11 is 0. The number of nitro groups is 1. The molecule has 0 atom stereocenters. The smallest absolute Gasteiger partial charge is 0.331 e. The molecule has 2 aromatic rings. The lowest BCUT2D eigenvalue weighted by Crippen LogP contribution is -2.00. The number of esters is 1. The number of carbonyl (C=O) groups is 1. The number of hydrogen-bond acceptors (Lipinski definition) is 5. The average molecular weight is 287 g/mol. The van der Waals surface area contributed by atoms with Crippen LogP contribution in [0.3, 0.4) is 0 Å². The Bertz CT molecular complexity index is 670. The zero-order valence-corrected chi connectivity index (χ0v) is 11.3. The highest BCUT2D eigenvalue weighted by Gasteiger charge is 2.05. The number of aryl methyl sites for hydroxylation is 1. The molecule has 1 heterocycles. The summed E-state index contributed by atoms with van der Waals surface area (Å²) in [5, 5.41) is 10.5. The van der Waals surface area contributed by atoms with E-state index in [1.54, 1.807) is 24.3 Å². The van der Waals surface area contributed by atoms with Crippen LogP contribution in [0.25, 0.3) is 6.08 Å². The SMILES string of the molecule is Cc1ccc(/C=C/C(=O)OCc2ccc([N+](=O)[O-])cc2)o1. The molecule has 0 spiro atoms. The van der Waals surface area contributed by atoms with E-state index >= 15 is 0 Å². The monoisotopic (exact) mass is 287 g/mol. The summed E-state index contributed by atoms with van der Waals surface area (Å²) in [4.78, 5) is 21.5. The average Bonchev–Trinajstić information content (AvgIpc) is 2.89. The molecule has 6 nitrogen and oxygen atoms in total. The third-order valence-electron chi connectivity index (χ3n) is 2.67. The molecule has 0 saturated carbocycles. The van der Waals surface area contributed by atoms with Crippen LogP contribution in [0.15, 0.2) is 46.9 Å². The van der Waals surface area contributed by atoms with Crippen LogP contribution in [0.5, 0.6) is 0 Å². The van der Waals surface area contributed by atoms with E-state index in [2.05, 4.69) is 0 Å². The largest absolute Gasteiger partial charge is 0.462 e. The van der Waals surface area contributed by atoms with Crippen molar-refractivity contribution in [3.05, 3.63) is 69.7 Å². The van der Waals surface area contributed by atoms with Crippen LogP contribution in [-0.4, -0.2) is 10.9 Å². The van der Waals surface area contributed by atoms with Gasteiger partial charge in [-0.2, -0.15) is 0 Å². The Morgan fingerprint density at radius 3 is 2.57 bits per heavy atom. The fraction of sp³-hybridized carbons (Fsp3) is 0.133. The fourth-order valence-electron chi connectivity index (χ4n) is 1.61. The normalized spacial score (nSPS) is 10.7. The molecule has 0 radical (unpaired) electrons. The number of carbonyl (C=O) groups excluding carboxylic acids is 1. The number of nitro benzene ring substituents is 1. The Hall–Kier alpha value is -2.89. The first kappa shape index (κ1) is 14.5. The Morgan fingerprint density at radius 2 is 2.00 bits per heavy atom. The van der Waals surface area contributed by atoms with E-state index in [-0.39, 0.29) is 12.3 Å². The van der Waals surface area contributed by atoms with Gasteiger partial charge in [-0.3, -0.25) is 10.1 Å². The van der Waals surface area contributed by atoms with Gasteiger partial charge in [0.05, 0.1) is 4.92 Å². The maximum Gasteiger partial charge on any atom is 0.331 e. The van der Waals surface area contributed by atoms with Gasteiger partial charge in [-0.25, -0.2) is 4.79 Å². The van der Waals surface area contributed by atoms with Crippen LogP contribution in [0.2, 0.25) is 0 Å². The molecule has 0 amide bonds. The van der Waals surface area contributed by atoms with Gasteiger partial charge in [0, 0.05) is 18.2 Å². The van der Waals surface area contributed by atoms with Gasteiger partial charge in [0.2, 0.25) is 0 Å². The molecule has 0 fully saturated rings. The number of benzene rings is 1. The van der Waals surface area contributed by atoms with E-state index in [0.29, 0.717) is 11.3 Å². The third-order valence-corrected chi connectivity index (χ3v) is 2.67. The predicted molar refractivity (Wildman–Crippen MR) is 75.4 cm³/mol. The topological polar surface area (TPSA) is 82.6 Å². The molecule has 2 rings (SSSR count). The van der Waals surface area contributed by atoms with Crippen molar-refractivity contribution in [3.63, 3.8) is 0 Å². The minimum Gasteiger partial charge on any atom is -0.462 e. The van der Waals surface area contributed by atoms with Crippen LogP contribution in [0, 0.1) is 17.0 Å². The highest BCUT2D eigenvalue weighted by Crippen LogP contribution is 2.13. The summed E-state index contributed by atoms with van der Waals surface area (Å²) in [6.07, 6.45) is 2.79. The van der Waals surface area contributed by atoms with Crippen molar-refractivity contribution in [3.8, 4) is 0 Å². The highest BCUT2D eigenvalue weighted by atomic mass is 16.6. The molecular formula is C15H13NO5. The number of furan rings is 1. The first-order valence-electron chi connectivity index (χ1n) is 6.19. The van der Waals surface area contributed by atoms with Crippen molar-refractivity contribution in [1.29, 1.82) is 0 Å². The van der Waals surface area contributed by atoms with Gasteiger partial charge in [-0.05, 0) is 42.8 Å². The van der Waals surface area contributed by atoms with Gasteiger partial charge in [0.1, 0.15) is 18.1 Å². The lowest BCUT2D eigenvalue weighted by atomic mass is 10.2. The molecule has 0 aliphatic carbocycles. The summed E-state index contributed by atoms with van der Waals surface area (Å²) in [5.41, 5.74) is 0.675. The first-order valence-corrected chi connectivity index (χ1v) is 6.19. The molecule has 0 aliphatic heterocycles. The molecule has 0 aliphatic rings. The van der Waals surface area contributed by atoms with Crippen LogP contribution in [-0.2, 0) is 16.1 Å². The number of ether oxygens (including phenoxy) is 1. The zero-order valence-electron chi connectivity index (χ0n) is 11.3. The minimum atomic E-state index is -0.512. The molecule has 1 aromatic heterocycles. The quantitative estimate of drug-likeness (QED) is 0.365. The molecule has 0 N–H and O–H groups in total. The maximum atomic E-state index is 11.5. The van der Waals surface area contributed by atoms with Crippen molar-refractivity contribution in [2.24, 2.45) is 0 Å². The Morgan fingerprint density at radius 1 is 1.29 bits per heavy atom. The lowest BCUT2D eigenvalue weighted by Gasteiger charge is -2.01. The molecule has 108 valence electrons. The Kier molecular flexibility index (Phi) is 4.50.